The summed E-state index contributed by atoms with van der Waals surface area (Å²) in [4.78, 5) is 4.21. The molecule has 0 bridgehead atoms. The van der Waals surface area contributed by atoms with E-state index in [2.05, 4.69) is 22.5 Å². The van der Waals surface area contributed by atoms with Gasteiger partial charge in [-0.15, -0.1) is 24.0 Å². The van der Waals surface area contributed by atoms with E-state index in [0.29, 0.717) is 19.3 Å². The minimum absolute atomic E-state index is 0. The van der Waals surface area contributed by atoms with Gasteiger partial charge in [-0.1, -0.05) is 17.7 Å². The maximum absolute atomic E-state index is 5.68. The predicted octanol–water partition coefficient (Wildman–Crippen LogP) is 2.73. The van der Waals surface area contributed by atoms with E-state index in [1.165, 1.54) is 18.4 Å². The zero-order valence-corrected chi connectivity index (χ0v) is 16.3. The third-order valence-corrected chi connectivity index (χ3v) is 3.69. The molecular weight excluding hydrogens is 405 g/mol. The highest BCUT2D eigenvalue weighted by atomic mass is 127. The summed E-state index contributed by atoms with van der Waals surface area (Å²) in [5.74, 6) is 1.71. The van der Waals surface area contributed by atoms with E-state index in [9.17, 15) is 0 Å². The van der Waals surface area contributed by atoms with Gasteiger partial charge in [-0.25, -0.2) is 0 Å². The Balaban J connectivity index is 0.00000264. The predicted molar refractivity (Wildman–Crippen MR) is 105 cm³/mol. The van der Waals surface area contributed by atoms with E-state index in [1.807, 2.05) is 24.3 Å². The number of rotatable bonds is 7. The Morgan fingerprint density at radius 1 is 1.26 bits per heavy atom. The van der Waals surface area contributed by atoms with Gasteiger partial charge >= 0.3 is 0 Å². The van der Waals surface area contributed by atoms with Gasteiger partial charge in [0.1, 0.15) is 12.4 Å². The largest absolute Gasteiger partial charge is 0.492 e. The third-order valence-electron chi connectivity index (χ3n) is 3.69. The van der Waals surface area contributed by atoms with E-state index in [1.54, 1.807) is 7.05 Å². The van der Waals surface area contributed by atoms with Crippen LogP contribution >= 0.6 is 24.0 Å². The van der Waals surface area contributed by atoms with Crippen molar-refractivity contribution in [3.8, 4) is 5.75 Å². The maximum Gasteiger partial charge on any atom is 0.191 e. The van der Waals surface area contributed by atoms with Gasteiger partial charge in [-0.05, 0) is 38.3 Å². The summed E-state index contributed by atoms with van der Waals surface area (Å²) in [6, 6.07) is 8.08. The lowest BCUT2D eigenvalue weighted by Crippen LogP contribution is -2.40. The molecule has 0 radical (unpaired) electrons. The smallest absolute Gasteiger partial charge is 0.191 e. The molecule has 1 saturated heterocycles. The molecule has 5 nitrogen and oxygen atoms in total. The summed E-state index contributed by atoms with van der Waals surface area (Å²) in [5.41, 5.74) is 1.24. The molecule has 1 aliphatic heterocycles. The van der Waals surface area contributed by atoms with Crippen molar-refractivity contribution in [2.75, 3.05) is 33.4 Å². The number of hydrogen-bond donors (Lipinski definition) is 2. The Bertz CT molecular complexity index is 459. The molecule has 0 aliphatic carbocycles. The molecule has 1 aromatic carbocycles. The third kappa shape index (κ3) is 7.87. The van der Waals surface area contributed by atoms with Gasteiger partial charge in [0.2, 0.25) is 0 Å². The standard InChI is InChI=1S/C17H27N3O2.HI/c1-14-5-7-16(8-6-14)22-13-11-20-17(18-2)19-10-9-15-4-3-12-21-15;/h5-8,15H,3-4,9-13H2,1-2H3,(H2,18,19,20);1H. The van der Waals surface area contributed by atoms with E-state index in [-0.39, 0.29) is 24.0 Å². The molecule has 1 unspecified atom stereocenters. The van der Waals surface area contributed by atoms with Gasteiger partial charge in [0.25, 0.3) is 0 Å². The second-order valence-electron chi connectivity index (χ2n) is 5.51. The van der Waals surface area contributed by atoms with Crippen LogP contribution in [-0.4, -0.2) is 45.4 Å². The molecule has 1 heterocycles. The van der Waals surface area contributed by atoms with Gasteiger partial charge in [-0.2, -0.15) is 0 Å². The van der Waals surface area contributed by atoms with Crippen LogP contribution in [0.3, 0.4) is 0 Å². The second kappa shape index (κ2) is 11.5. The summed E-state index contributed by atoms with van der Waals surface area (Å²) in [6.07, 6.45) is 3.81. The lowest BCUT2D eigenvalue weighted by Gasteiger charge is -2.14. The molecule has 130 valence electrons. The van der Waals surface area contributed by atoms with Crippen molar-refractivity contribution < 1.29 is 9.47 Å². The highest BCUT2D eigenvalue weighted by Crippen LogP contribution is 2.14. The van der Waals surface area contributed by atoms with Crippen LogP contribution in [0.1, 0.15) is 24.8 Å². The van der Waals surface area contributed by atoms with E-state index in [0.717, 1.165) is 31.3 Å². The Morgan fingerprint density at radius 2 is 2.00 bits per heavy atom. The van der Waals surface area contributed by atoms with Gasteiger partial charge in [0, 0.05) is 20.2 Å². The average molecular weight is 433 g/mol. The fourth-order valence-corrected chi connectivity index (χ4v) is 2.42. The van der Waals surface area contributed by atoms with Gasteiger partial charge in [-0.3, -0.25) is 4.99 Å². The van der Waals surface area contributed by atoms with Crippen molar-refractivity contribution in [1.82, 2.24) is 10.6 Å². The molecule has 23 heavy (non-hydrogen) atoms. The first-order valence-corrected chi connectivity index (χ1v) is 8.03. The molecule has 1 aliphatic rings. The number of nitrogens with one attached hydrogen (secondary N) is 2. The van der Waals surface area contributed by atoms with Crippen LogP contribution < -0.4 is 15.4 Å². The molecule has 1 aromatic rings. The first-order valence-electron chi connectivity index (χ1n) is 8.03. The zero-order valence-electron chi connectivity index (χ0n) is 14.0. The van der Waals surface area contributed by atoms with Crippen molar-refractivity contribution in [1.29, 1.82) is 0 Å². The highest BCUT2D eigenvalue weighted by molar-refractivity contribution is 14.0. The summed E-state index contributed by atoms with van der Waals surface area (Å²) >= 11 is 0. The first-order chi connectivity index (χ1) is 10.8. The summed E-state index contributed by atoms with van der Waals surface area (Å²) in [6.45, 7) is 5.18. The SMILES string of the molecule is CN=C(NCCOc1ccc(C)cc1)NCCC1CCCO1.I. The number of ether oxygens (including phenoxy) is 2. The van der Waals surface area contributed by atoms with Crippen LogP contribution in [0.15, 0.2) is 29.3 Å². The number of hydrogen-bond acceptors (Lipinski definition) is 3. The molecule has 1 fully saturated rings. The van der Waals surface area contributed by atoms with Crippen molar-refractivity contribution >= 4 is 29.9 Å². The number of aliphatic imine (C=N–C) groups is 1. The molecule has 2 N–H and O–H groups in total. The van der Waals surface area contributed by atoms with Crippen molar-refractivity contribution in [3.63, 3.8) is 0 Å². The average Bonchev–Trinajstić information content (AvgIpc) is 3.04. The van der Waals surface area contributed by atoms with E-state index in [4.69, 9.17) is 9.47 Å². The second-order valence-corrected chi connectivity index (χ2v) is 5.51. The van der Waals surface area contributed by atoms with Crippen LogP contribution in [0.25, 0.3) is 0 Å². The van der Waals surface area contributed by atoms with Crippen LogP contribution in [0, 0.1) is 6.92 Å². The van der Waals surface area contributed by atoms with E-state index >= 15 is 0 Å². The van der Waals surface area contributed by atoms with Crippen LogP contribution in [0.5, 0.6) is 5.75 Å². The van der Waals surface area contributed by atoms with Crippen LogP contribution in [0.2, 0.25) is 0 Å². The molecule has 0 amide bonds. The normalized spacial score (nSPS) is 17.5. The number of benzene rings is 1. The molecule has 0 saturated carbocycles. The summed E-state index contributed by atoms with van der Waals surface area (Å²) in [5, 5.41) is 6.56. The quantitative estimate of drug-likeness (QED) is 0.301. The van der Waals surface area contributed by atoms with E-state index < -0.39 is 0 Å². The number of nitrogens with zero attached hydrogens (tertiary/aromatic N) is 1. The Kier molecular flexibility index (Phi) is 10.0. The van der Waals surface area contributed by atoms with Crippen molar-refractivity contribution in [3.05, 3.63) is 29.8 Å². The molecule has 2 rings (SSSR count). The summed E-state index contributed by atoms with van der Waals surface area (Å²) < 4.78 is 11.3. The molecule has 0 spiro atoms. The zero-order chi connectivity index (χ0) is 15.6. The van der Waals surface area contributed by atoms with Gasteiger partial charge in [0.15, 0.2) is 5.96 Å². The monoisotopic (exact) mass is 433 g/mol. The molecule has 6 heteroatoms. The van der Waals surface area contributed by atoms with Crippen molar-refractivity contribution in [2.24, 2.45) is 4.99 Å². The lowest BCUT2D eigenvalue weighted by molar-refractivity contribution is 0.105. The van der Waals surface area contributed by atoms with Gasteiger partial charge in [0.05, 0.1) is 12.6 Å². The Morgan fingerprint density at radius 3 is 2.65 bits per heavy atom. The fourth-order valence-electron chi connectivity index (χ4n) is 2.42. The maximum atomic E-state index is 5.68. The van der Waals surface area contributed by atoms with Gasteiger partial charge < -0.3 is 20.1 Å². The number of halogens is 1. The summed E-state index contributed by atoms with van der Waals surface area (Å²) in [7, 11) is 1.78. The first kappa shape index (κ1) is 20.0. The topological polar surface area (TPSA) is 54.9 Å². The van der Waals surface area contributed by atoms with Crippen LogP contribution in [-0.2, 0) is 4.74 Å². The Labute approximate surface area is 156 Å². The molecule has 0 aromatic heterocycles. The number of guanidine groups is 1. The number of aryl methyl sites for hydroxylation is 1. The molecular formula is C17H28IN3O2. The fraction of sp³-hybridized carbons (Fsp3) is 0.588. The van der Waals surface area contributed by atoms with Crippen molar-refractivity contribution in [2.45, 2.75) is 32.3 Å². The minimum atomic E-state index is 0. The highest BCUT2D eigenvalue weighted by Gasteiger charge is 2.14. The molecule has 1 atom stereocenters. The minimum Gasteiger partial charge on any atom is -0.492 e. The van der Waals surface area contributed by atoms with Crippen LogP contribution in [0.4, 0.5) is 0 Å². The Hall–Kier alpha value is -1.02. The lowest BCUT2D eigenvalue weighted by atomic mass is 10.2.